The highest BCUT2D eigenvalue weighted by atomic mass is 32.1. The molecule has 2 aromatic rings. The van der Waals surface area contributed by atoms with Crippen LogP contribution in [0.5, 0.6) is 0 Å². The summed E-state index contributed by atoms with van der Waals surface area (Å²) in [4.78, 5) is 24.9. The molecule has 1 saturated heterocycles. The average molecular weight is 359 g/mol. The number of anilines is 1. The third-order valence-corrected chi connectivity index (χ3v) is 4.67. The molecule has 1 aliphatic rings. The van der Waals surface area contributed by atoms with Crippen molar-refractivity contribution >= 4 is 29.0 Å². The molecule has 0 spiro atoms. The van der Waals surface area contributed by atoms with E-state index in [1.54, 1.807) is 23.6 Å². The van der Waals surface area contributed by atoms with Crippen LogP contribution >= 0.6 is 11.3 Å². The summed E-state index contributed by atoms with van der Waals surface area (Å²) in [5.74, 6) is -0.695. The normalized spacial score (nSPS) is 16.4. The standard InChI is InChI=1S/C17H14FN3O3S/c1-10(22)20-7-13-8-21(17(23)24-13)12-2-3-14(15(18)5-12)16-4-11(6-19)9-25-16/h2-5,9,13H,7-8H2,1H3,(H,20,22)/t13-/m0/s1. The van der Waals surface area contributed by atoms with E-state index in [0.717, 1.165) is 0 Å². The van der Waals surface area contributed by atoms with Gasteiger partial charge in [0.05, 0.1) is 24.3 Å². The number of halogens is 1. The van der Waals surface area contributed by atoms with E-state index >= 15 is 0 Å². The Balaban J connectivity index is 1.77. The average Bonchev–Trinajstić information content (AvgIpc) is 3.19. The number of carbonyl (C=O) groups is 2. The minimum absolute atomic E-state index is 0.211. The minimum Gasteiger partial charge on any atom is -0.442 e. The van der Waals surface area contributed by atoms with Crippen LogP contribution in [-0.2, 0) is 9.53 Å². The lowest BCUT2D eigenvalue weighted by Crippen LogP contribution is -2.33. The molecule has 1 aromatic carbocycles. The Morgan fingerprint density at radius 2 is 2.32 bits per heavy atom. The highest BCUT2D eigenvalue weighted by Crippen LogP contribution is 2.32. The van der Waals surface area contributed by atoms with E-state index in [4.69, 9.17) is 10.00 Å². The summed E-state index contributed by atoms with van der Waals surface area (Å²) >= 11 is 1.28. The van der Waals surface area contributed by atoms with Crippen LogP contribution in [0, 0.1) is 17.1 Å². The maximum atomic E-state index is 14.5. The van der Waals surface area contributed by atoms with Gasteiger partial charge in [-0.2, -0.15) is 5.26 Å². The summed E-state index contributed by atoms with van der Waals surface area (Å²) in [6.45, 7) is 1.82. The Morgan fingerprint density at radius 1 is 1.52 bits per heavy atom. The van der Waals surface area contributed by atoms with Gasteiger partial charge in [-0.1, -0.05) is 0 Å². The van der Waals surface area contributed by atoms with Crippen LogP contribution in [0.15, 0.2) is 29.6 Å². The third-order valence-electron chi connectivity index (χ3n) is 3.71. The Hall–Kier alpha value is -2.92. The van der Waals surface area contributed by atoms with Gasteiger partial charge in [0.2, 0.25) is 5.91 Å². The molecule has 25 heavy (non-hydrogen) atoms. The number of cyclic esters (lactones) is 1. The van der Waals surface area contributed by atoms with Crippen molar-refractivity contribution in [3.05, 3.63) is 41.0 Å². The number of nitrogens with zero attached hydrogens (tertiary/aromatic N) is 2. The van der Waals surface area contributed by atoms with Crippen LogP contribution in [0.1, 0.15) is 12.5 Å². The summed E-state index contributed by atoms with van der Waals surface area (Å²) < 4.78 is 19.6. The van der Waals surface area contributed by atoms with Gasteiger partial charge in [0.25, 0.3) is 0 Å². The second kappa shape index (κ2) is 6.91. The minimum atomic E-state index is -0.578. The highest BCUT2D eigenvalue weighted by molar-refractivity contribution is 7.13. The van der Waals surface area contributed by atoms with Crippen LogP contribution < -0.4 is 10.2 Å². The van der Waals surface area contributed by atoms with Crippen molar-refractivity contribution in [1.82, 2.24) is 5.32 Å². The Labute approximate surface area is 147 Å². The molecule has 6 nitrogen and oxygen atoms in total. The summed E-state index contributed by atoms with van der Waals surface area (Å²) in [6.07, 6.45) is -1.06. The third kappa shape index (κ3) is 3.61. The van der Waals surface area contributed by atoms with Crippen molar-refractivity contribution in [1.29, 1.82) is 5.26 Å². The van der Waals surface area contributed by atoms with Crippen molar-refractivity contribution in [2.24, 2.45) is 0 Å². The first-order valence-electron chi connectivity index (χ1n) is 7.49. The first kappa shape index (κ1) is 16.9. The van der Waals surface area contributed by atoms with Crippen molar-refractivity contribution in [2.45, 2.75) is 13.0 Å². The van der Waals surface area contributed by atoms with E-state index < -0.39 is 18.0 Å². The largest absolute Gasteiger partial charge is 0.442 e. The van der Waals surface area contributed by atoms with Crippen LogP contribution in [-0.4, -0.2) is 31.2 Å². The maximum absolute atomic E-state index is 14.5. The van der Waals surface area contributed by atoms with Gasteiger partial charge in [-0.3, -0.25) is 9.69 Å². The maximum Gasteiger partial charge on any atom is 0.414 e. The predicted molar refractivity (Wildman–Crippen MR) is 90.7 cm³/mol. The first-order chi connectivity index (χ1) is 12.0. The number of nitrogens with one attached hydrogen (secondary N) is 1. The summed E-state index contributed by atoms with van der Waals surface area (Å²) in [5.41, 5.74) is 1.23. The molecule has 0 radical (unpaired) electrons. The van der Waals surface area contributed by atoms with Crippen molar-refractivity contribution in [2.75, 3.05) is 18.0 Å². The molecule has 0 bridgehead atoms. The molecule has 0 aliphatic carbocycles. The van der Waals surface area contributed by atoms with E-state index in [2.05, 4.69) is 5.32 Å². The Bertz CT molecular complexity index is 874. The molecule has 2 heterocycles. The zero-order valence-corrected chi connectivity index (χ0v) is 14.1. The van der Waals surface area contributed by atoms with E-state index in [9.17, 15) is 14.0 Å². The van der Waals surface area contributed by atoms with Gasteiger partial charge in [-0.25, -0.2) is 9.18 Å². The lowest BCUT2D eigenvalue weighted by atomic mass is 10.1. The topological polar surface area (TPSA) is 82.4 Å². The van der Waals surface area contributed by atoms with Gasteiger partial charge < -0.3 is 10.1 Å². The predicted octanol–water partition coefficient (Wildman–Crippen LogP) is 2.89. The zero-order valence-electron chi connectivity index (χ0n) is 13.3. The number of ether oxygens (including phenoxy) is 1. The molecule has 1 aliphatic heterocycles. The van der Waals surface area contributed by atoms with Crippen molar-refractivity contribution in [3.63, 3.8) is 0 Å². The summed E-state index contributed by atoms with van der Waals surface area (Å²) in [5, 5.41) is 13.1. The SMILES string of the molecule is CC(=O)NC[C@H]1CN(c2ccc(-c3cc(C#N)cs3)c(F)c2)C(=O)O1. The number of thiophene rings is 1. The number of carbonyl (C=O) groups excluding carboxylic acids is 2. The molecule has 3 rings (SSSR count). The number of nitriles is 1. The molecular formula is C17H14FN3O3S. The Kier molecular flexibility index (Phi) is 4.67. The quantitative estimate of drug-likeness (QED) is 0.910. The van der Waals surface area contributed by atoms with Crippen molar-refractivity contribution in [3.8, 4) is 16.5 Å². The van der Waals surface area contributed by atoms with Gasteiger partial charge in [0.15, 0.2) is 0 Å². The van der Waals surface area contributed by atoms with Crippen LogP contribution in [0.3, 0.4) is 0 Å². The van der Waals surface area contributed by atoms with E-state index in [-0.39, 0.29) is 19.0 Å². The number of benzene rings is 1. The van der Waals surface area contributed by atoms with Crippen molar-refractivity contribution < 1.29 is 18.7 Å². The molecule has 1 fully saturated rings. The van der Waals surface area contributed by atoms with E-state index in [1.165, 1.54) is 29.2 Å². The number of hydrogen-bond donors (Lipinski definition) is 1. The summed E-state index contributed by atoms with van der Waals surface area (Å²) in [6, 6.07) is 8.11. The van der Waals surface area contributed by atoms with Gasteiger partial charge in [-0.15, -0.1) is 11.3 Å². The second-order valence-electron chi connectivity index (χ2n) is 5.53. The molecule has 8 heteroatoms. The Morgan fingerprint density at radius 3 is 2.96 bits per heavy atom. The zero-order chi connectivity index (χ0) is 18.0. The van der Waals surface area contributed by atoms with Gasteiger partial charge >= 0.3 is 6.09 Å². The van der Waals surface area contributed by atoms with Crippen LogP contribution in [0.4, 0.5) is 14.9 Å². The van der Waals surface area contributed by atoms with Crippen LogP contribution in [0.25, 0.3) is 10.4 Å². The fourth-order valence-corrected chi connectivity index (χ4v) is 3.37. The van der Waals surface area contributed by atoms with Gasteiger partial charge in [-0.05, 0) is 24.3 Å². The van der Waals surface area contributed by atoms with Gasteiger partial charge in [0, 0.05) is 22.7 Å². The fraction of sp³-hybridized carbons (Fsp3) is 0.235. The molecule has 0 saturated carbocycles. The molecule has 1 aromatic heterocycles. The second-order valence-corrected chi connectivity index (χ2v) is 6.44. The smallest absolute Gasteiger partial charge is 0.414 e. The number of rotatable bonds is 4. The number of amides is 2. The highest BCUT2D eigenvalue weighted by Gasteiger charge is 2.32. The van der Waals surface area contributed by atoms with E-state index in [1.807, 2.05) is 6.07 Å². The molecule has 1 atom stereocenters. The monoisotopic (exact) mass is 359 g/mol. The molecule has 0 unspecified atom stereocenters. The fourth-order valence-electron chi connectivity index (χ4n) is 2.50. The first-order valence-corrected chi connectivity index (χ1v) is 8.37. The van der Waals surface area contributed by atoms with Gasteiger partial charge in [0.1, 0.15) is 18.0 Å². The molecule has 2 amide bonds. The number of hydrogen-bond acceptors (Lipinski definition) is 5. The van der Waals surface area contributed by atoms with Crippen LogP contribution in [0.2, 0.25) is 0 Å². The molecule has 128 valence electrons. The lowest BCUT2D eigenvalue weighted by molar-refractivity contribution is -0.119. The van der Waals surface area contributed by atoms with E-state index in [0.29, 0.717) is 21.7 Å². The molecular weight excluding hydrogens is 345 g/mol. The lowest BCUT2D eigenvalue weighted by Gasteiger charge is -2.14. The summed E-state index contributed by atoms with van der Waals surface area (Å²) in [7, 11) is 0. The molecule has 1 N–H and O–H groups in total.